The summed E-state index contributed by atoms with van der Waals surface area (Å²) in [5, 5.41) is 10.6. The first-order valence-electron chi connectivity index (χ1n) is 5.12. The van der Waals surface area contributed by atoms with E-state index in [0.29, 0.717) is 0 Å². The lowest BCUT2D eigenvalue weighted by Crippen LogP contribution is -2.32. The molecule has 0 aliphatic carbocycles. The SMILES string of the molecule is COc1ccccc1C1(O)CSCC1C. The number of ether oxygens (including phenoxy) is 1. The fraction of sp³-hybridized carbons (Fsp3) is 0.500. The van der Waals surface area contributed by atoms with Crippen LogP contribution < -0.4 is 4.74 Å². The van der Waals surface area contributed by atoms with Gasteiger partial charge in [-0.3, -0.25) is 0 Å². The molecule has 2 rings (SSSR count). The van der Waals surface area contributed by atoms with E-state index in [1.54, 1.807) is 18.9 Å². The van der Waals surface area contributed by atoms with Crippen molar-refractivity contribution < 1.29 is 9.84 Å². The summed E-state index contributed by atoms with van der Waals surface area (Å²) in [5.74, 6) is 2.83. The van der Waals surface area contributed by atoms with Gasteiger partial charge in [-0.25, -0.2) is 0 Å². The molecule has 0 radical (unpaired) electrons. The highest BCUT2D eigenvalue weighted by Gasteiger charge is 2.42. The maximum atomic E-state index is 10.6. The van der Waals surface area contributed by atoms with Crippen molar-refractivity contribution in [2.45, 2.75) is 12.5 Å². The second-order valence-electron chi connectivity index (χ2n) is 4.04. The fourth-order valence-corrected chi connectivity index (χ4v) is 3.52. The second-order valence-corrected chi connectivity index (χ2v) is 5.07. The van der Waals surface area contributed by atoms with Gasteiger partial charge in [-0.1, -0.05) is 25.1 Å². The molecular weight excluding hydrogens is 208 g/mol. The topological polar surface area (TPSA) is 29.5 Å². The van der Waals surface area contributed by atoms with Crippen LogP contribution in [0.3, 0.4) is 0 Å². The van der Waals surface area contributed by atoms with E-state index in [1.807, 2.05) is 24.3 Å². The minimum Gasteiger partial charge on any atom is -0.496 e. The van der Waals surface area contributed by atoms with Gasteiger partial charge in [0.1, 0.15) is 11.4 Å². The van der Waals surface area contributed by atoms with E-state index >= 15 is 0 Å². The van der Waals surface area contributed by atoms with Gasteiger partial charge in [0.25, 0.3) is 0 Å². The molecule has 2 atom stereocenters. The minimum absolute atomic E-state index is 0.277. The smallest absolute Gasteiger partial charge is 0.124 e. The monoisotopic (exact) mass is 224 g/mol. The molecule has 0 spiro atoms. The van der Waals surface area contributed by atoms with Gasteiger partial charge < -0.3 is 9.84 Å². The number of hydrogen-bond donors (Lipinski definition) is 1. The van der Waals surface area contributed by atoms with E-state index in [-0.39, 0.29) is 5.92 Å². The molecule has 82 valence electrons. The molecule has 1 N–H and O–H groups in total. The largest absolute Gasteiger partial charge is 0.496 e. The van der Waals surface area contributed by atoms with Gasteiger partial charge in [0, 0.05) is 11.3 Å². The first kappa shape index (κ1) is 10.8. The number of hydrogen-bond acceptors (Lipinski definition) is 3. The van der Waals surface area contributed by atoms with E-state index in [9.17, 15) is 5.11 Å². The number of rotatable bonds is 2. The van der Waals surface area contributed by atoms with Gasteiger partial charge in [0.05, 0.1) is 7.11 Å². The molecule has 0 aromatic heterocycles. The summed E-state index contributed by atoms with van der Waals surface area (Å²) in [4.78, 5) is 0. The highest BCUT2D eigenvalue weighted by atomic mass is 32.2. The highest BCUT2D eigenvalue weighted by Crippen LogP contribution is 2.44. The van der Waals surface area contributed by atoms with Crippen LogP contribution in [0.5, 0.6) is 5.75 Å². The van der Waals surface area contributed by atoms with Gasteiger partial charge in [-0.2, -0.15) is 11.8 Å². The third-order valence-electron chi connectivity index (χ3n) is 3.08. The van der Waals surface area contributed by atoms with Crippen molar-refractivity contribution in [3.8, 4) is 5.75 Å². The average molecular weight is 224 g/mol. The third-order valence-corrected chi connectivity index (χ3v) is 4.46. The van der Waals surface area contributed by atoms with Gasteiger partial charge in [-0.15, -0.1) is 0 Å². The number of methoxy groups -OCH3 is 1. The molecule has 1 aliphatic rings. The molecule has 1 fully saturated rings. The molecule has 1 aliphatic heterocycles. The predicted molar refractivity (Wildman–Crippen MR) is 63.4 cm³/mol. The Morgan fingerprint density at radius 1 is 1.47 bits per heavy atom. The van der Waals surface area contributed by atoms with Gasteiger partial charge in [-0.05, 0) is 17.7 Å². The highest BCUT2D eigenvalue weighted by molar-refractivity contribution is 7.99. The number of benzene rings is 1. The molecule has 15 heavy (non-hydrogen) atoms. The van der Waals surface area contributed by atoms with Crippen LogP contribution in [0.4, 0.5) is 0 Å². The lowest BCUT2D eigenvalue weighted by atomic mass is 9.85. The molecule has 0 amide bonds. The lowest BCUT2D eigenvalue weighted by molar-refractivity contribution is 0.0212. The average Bonchev–Trinajstić information content (AvgIpc) is 2.60. The van der Waals surface area contributed by atoms with Gasteiger partial charge >= 0.3 is 0 Å². The normalized spacial score (nSPS) is 30.5. The molecule has 2 unspecified atom stereocenters. The van der Waals surface area contributed by atoms with Gasteiger partial charge in [0.2, 0.25) is 0 Å². The van der Waals surface area contributed by atoms with Crippen molar-refractivity contribution in [2.24, 2.45) is 5.92 Å². The quantitative estimate of drug-likeness (QED) is 0.835. The summed E-state index contributed by atoms with van der Waals surface area (Å²) in [6.45, 7) is 2.09. The Kier molecular flexibility index (Phi) is 2.94. The van der Waals surface area contributed by atoms with Crippen molar-refractivity contribution in [3.05, 3.63) is 29.8 Å². The molecule has 1 aromatic carbocycles. The number of thioether (sulfide) groups is 1. The zero-order valence-electron chi connectivity index (χ0n) is 9.06. The Labute approximate surface area is 94.6 Å². The first-order valence-corrected chi connectivity index (χ1v) is 6.27. The summed E-state index contributed by atoms with van der Waals surface area (Å²) < 4.78 is 5.30. The number of para-hydroxylation sites is 1. The first-order chi connectivity index (χ1) is 7.18. The Bertz CT molecular complexity index is 353. The predicted octanol–water partition coefficient (Wildman–Crippen LogP) is 2.27. The van der Waals surface area contributed by atoms with Crippen molar-refractivity contribution in [2.75, 3.05) is 18.6 Å². The standard InChI is InChI=1S/C12H16O2S/c1-9-7-15-8-12(9,13)10-5-3-4-6-11(10)14-2/h3-6,9,13H,7-8H2,1-2H3. The van der Waals surface area contributed by atoms with E-state index in [2.05, 4.69) is 6.92 Å². The van der Waals surface area contributed by atoms with Crippen LogP contribution in [0.1, 0.15) is 12.5 Å². The van der Waals surface area contributed by atoms with Crippen LogP contribution in [0.15, 0.2) is 24.3 Å². The van der Waals surface area contributed by atoms with Crippen LogP contribution >= 0.6 is 11.8 Å². The van der Waals surface area contributed by atoms with Crippen molar-refractivity contribution >= 4 is 11.8 Å². The van der Waals surface area contributed by atoms with Crippen LogP contribution in [0, 0.1) is 5.92 Å². The molecule has 1 heterocycles. The van der Waals surface area contributed by atoms with E-state index in [1.165, 1.54) is 0 Å². The van der Waals surface area contributed by atoms with E-state index in [4.69, 9.17) is 4.74 Å². The molecule has 0 bridgehead atoms. The summed E-state index contributed by atoms with van der Waals surface area (Å²) in [7, 11) is 1.65. The van der Waals surface area contributed by atoms with Gasteiger partial charge in [0.15, 0.2) is 0 Å². The van der Waals surface area contributed by atoms with Crippen molar-refractivity contribution in [1.29, 1.82) is 0 Å². The van der Waals surface area contributed by atoms with E-state index < -0.39 is 5.60 Å². The Morgan fingerprint density at radius 2 is 2.20 bits per heavy atom. The Morgan fingerprint density at radius 3 is 2.80 bits per heavy atom. The molecule has 2 nitrogen and oxygen atoms in total. The minimum atomic E-state index is -0.725. The zero-order valence-corrected chi connectivity index (χ0v) is 9.88. The maximum Gasteiger partial charge on any atom is 0.124 e. The third kappa shape index (κ3) is 1.74. The van der Waals surface area contributed by atoms with Crippen LogP contribution in [-0.2, 0) is 5.60 Å². The van der Waals surface area contributed by atoms with Crippen LogP contribution in [-0.4, -0.2) is 23.7 Å². The molecule has 1 aromatic rings. The number of aliphatic hydroxyl groups is 1. The summed E-state index contributed by atoms with van der Waals surface area (Å²) in [5.41, 5.74) is 0.196. The Hall–Kier alpha value is -0.670. The van der Waals surface area contributed by atoms with Crippen molar-refractivity contribution in [1.82, 2.24) is 0 Å². The zero-order chi connectivity index (χ0) is 10.9. The molecule has 3 heteroatoms. The molecule has 0 saturated carbocycles. The van der Waals surface area contributed by atoms with Crippen LogP contribution in [0.2, 0.25) is 0 Å². The summed E-state index contributed by atoms with van der Waals surface area (Å²) in [6.07, 6.45) is 0. The summed E-state index contributed by atoms with van der Waals surface area (Å²) in [6, 6.07) is 7.74. The molecular formula is C12H16O2S. The maximum absolute atomic E-state index is 10.6. The van der Waals surface area contributed by atoms with Crippen LogP contribution in [0.25, 0.3) is 0 Å². The second kappa shape index (κ2) is 4.06. The van der Waals surface area contributed by atoms with Crippen molar-refractivity contribution in [3.63, 3.8) is 0 Å². The lowest BCUT2D eigenvalue weighted by Gasteiger charge is -2.28. The molecule has 1 saturated heterocycles. The van der Waals surface area contributed by atoms with E-state index in [0.717, 1.165) is 22.8 Å². The Balaban J connectivity index is 2.43. The fourth-order valence-electron chi connectivity index (χ4n) is 2.02. The summed E-state index contributed by atoms with van der Waals surface area (Å²) >= 11 is 1.80.